The van der Waals surface area contributed by atoms with Crippen molar-refractivity contribution in [3.05, 3.63) is 107 Å². The second-order valence-corrected chi connectivity index (χ2v) is 6.87. The van der Waals surface area contributed by atoms with Crippen LogP contribution in [0.15, 0.2) is 78.9 Å². The largest absolute Gasteiger partial charge is 0.330 e. The predicted molar refractivity (Wildman–Crippen MR) is 98.7 cm³/mol. The van der Waals surface area contributed by atoms with Crippen LogP contribution in [0, 0.1) is 0 Å². The Bertz CT molecular complexity index is 947. The molecule has 5 rings (SSSR count). The predicted octanol–water partition coefficient (Wildman–Crippen LogP) is 4.57. The molecule has 0 fully saturated rings. The van der Waals surface area contributed by atoms with Gasteiger partial charge in [0.2, 0.25) is 0 Å². The molecule has 122 valence electrons. The lowest BCUT2D eigenvalue weighted by Crippen LogP contribution is -2.46. The van der Waals surface area contributed by atoms with E-state index in [4.69, 9.17) is 0 Å². The van der Waals surface area contributed by atoms with Crippen molar-refractivity contribution in [2.24, 2.45) is 0 Å². The SMILES string of the molecule is O=C1c2ccccc2C(c2ccccc2)C2c3ccccc3CCN12. The number of fused-ring (bicyclic) bond motifs is 4. The van der Waals surface area contributed by atoms with Gasteiger partial charge in [-0.3, -0.25) is 4.79 Å². The molecule has 0 saturated carbocycles. The van der Waals surface area contributed by atoms with Gasteiger partial charge in [-0.2, -0.15) is 0 Å². The van der Waals surface area contributed by atoms with Gasteiger partial charge in [0.15, 0.2) is 0 Å². The summed E-state index contributed by atoms with van der Waals surface area (Å²) < 4.78 is 0. The van der Waals surface area contributed by atoms with E-state index in [1.54, 1.807) is 0 Å². The number of carbonyl (C=O) groups excluding carboxylic acids is 1. The lowest BCUT2D eigenvalue weighted by Gasteiger charge is -2.46. The molecule has 2 aliphatic heterocycles. The van der Waals surface area contributed by atoms with Gasteiger partial charge in [0.05, 0.1) is 6.04 Å². The molecule has 2 heterocycles. The summed E-state index contributed by atoms with van der Waals surface area (Å²) >= 11 is 0. The Balaban J connectivity index is 1.78. The van der Waals surface area contributed by atoms with E-state index in [1.165, 1.54) is 16.7 Å². The Morgan fingerprint density at radius 3 is 2.28 bits per heavy atom. The van der Waals surface area contributed by atoms with Crippen LogP contribution >= 0.6 is 0 Å². The first kappa shape index (κ1) is 14.5. The Kier molecular flexibility index (Phi) is 3.24. The van der Waals surface area contributed by atoms with Crippen LogP contribution in [0.3, 0.4) is 0 Å². The van der Waals surface area contributed by atoms with E-state index in [2.05, 4.69) is 65.6 Å². The lowest BCUT2D eigenvalue weighted by atomic mass is 9.73. The molecule has 0 aromatic heterocycles. The molecule has 0 N–H and O–H groups in total. The average molecular weight is 325 g/mol. The van der Waals surface area contributed by atoms with Gasteiger partial charge < -0.3 is 4.90 Å². The molecule has 25 heavy (non-hydrogen) atoms. The van der Waals surface area contributed by atoms with Crippen molar-refractivity contribution in [1.29, 1.82) is 0 Å². The second kappa shape index (κ2) is 5.59. The van der Waals surface area contributed by atoms with Crippen molar-refractivity contribution in [3.63, 3.8) is 0 Å². The van der Waals surface area contributed by atoms with Gasteiger partial charge >= 0.3 is 0 Å². The highest BCUT2D eigenvalue weighted by Gasteiger charge is 2.43. The monoisotopic (exact) mass is 325 g/mol. The Morgan fingerprint density at radius 2 is 1.44 bits per heavy atom. The van der Waals surface area contributed by atoms with Gasteiger partial charge in [0.25, 0.3) is 5.91 Å². The number of hydrogen-bond donors (Lipinski definition) is 0. The number of carbonyl (C=O) groups is 1. The molecular weight excluding hydrogens is 306 g/mol. The number of amides is 1. The average Bonchev–Trinajstić information content (AvgIpc) is 2.69. The molecule has 2 nitrogen and oxygen atoms in total. The first-order valence-corrected chi connectivity index (χ1v) is 8.87. The lowest BCUT2D eigenvalue weighted by molar-refractivity contribution is 0.0608. The smallest absolute Gasteiger partial charge is 0.254 e. The minimum Gasteiger partial charge on any atom is -0.330 e. The zero-order valence-corrected chi connectivity index (χ0v) is 13.9. The van der Waals surface area contributed by atoms with Gasteiger partial charge in [-0.1, -0.05) is 72.8 Å². The van der Waals surface area contributed by atoms with Crippen molar-refractivity contribution in [3.8, 4) is 0 Å². The highest BCUT2D eigenvalue weighted by molar-refractivity contribution is 5.98. The standard InChI is InChI=1S/C23H19NO/c25-23-20-13-7-6-12-19(20)21(17-9-2-1-3-10-17)22-18-11-5-4-8-16(18)14-15-24(22)23/h1-13,21-22H,14-15H2. The molecule has 3 aromatic carbocycles. The van der Waals surface area contributed by atoms with Crippen LogP contribution in [0.1, 0.15) is 44.6 Å². The molecule has 3 aromatic rings. The van der Waals surface area contributed by atoms with Crippen LogP contribution in [0.25, 0.3) is 0 Å². The first-order valence-electron chi connectivity index (χ1n) is 8.87. The van der Waals surface area contributed by atoms with Crippen molar-refractivity contribution in [2.45, 2.75) is 18.4 Å². The van der Waals surface area contributed by atoms with Crippen molar-refractivity contribution in [1.82, 2.24) is 4.90 Å². The Hall–Kier alpha value is -2.87. The molecular formula is C23H19NO. The van der Waals surface area contributed by atoms with Gasteiger partial charge in [-0.25, -0.2) is 0 Å². The van der Waals surface area contributed by atoms with Crippen LogP contribution < -0.4 is 0 Å². The van der Waals surface area contributed by atoms with Gasteiger partial charge in [-0.05, 0) is 34.7 Å². The fourth-order valence-electron chi connectivity index (χ4n) is 4.50. The molecule has 1 amide bonds. The molecule has 0 saturated heterocycles. The molecule has 0 spiro atoms. The summed E-state index contributed by atoms with van der Waals surface area (Å²) in [6.45, 7) is 0.790. The minimum atomic E-state index is 0.0785. The highest BCUT2D eigenvalue weighted by Crippen LogP contribution is 2.48. The summed E-state index contributed by atoms with van der Waals surface area (Å²) in [4.78, 5) is 15.2. The van der Waals surface area contributed by atoms with Gasteiger partial charge in [0, 0.05) is 18.0 Å². The van der Waals surface area contributed by atoms with E-state index in [0.29, 0.717) is 0 Å². The number of rotatable bonds is 1. The summed E-state index contributed by atoms with van der Waals surface area (Å²) in [6, 6.07) is 27.4. The molecule has 0 radical (unpaired) electrons. The molecule has 2 unspecified atom stereocenters. The Labute approximate surface area is 147 Å². The molecule has 2 atom stereocenters. The zero-order chi connectivity index (χ0) is 16.8. The van der Waals surface area contributed by atoms with E-state index in [0.717, 1.165) is 24.1 Å². The summed E-state index contributed by atoms with van der Waals surface area (Å²) in [5.74, 6) is 0.346. The number of nitrogens with zero attached hydrogens (tertiary/aromatic N) is 1. The van der Waals surface area contributed by atoms with E-state index in [-0.39, 0.29) is 17.9 Å². The van der Waals surface area contributed by atoms with Crippen LogP contribution in [-0.4, -0.2) is 17.4 Å². The summed E-state index contributed by atoms with van der Waals surface area (Å²) in [5.41, 5.74) is 5.94. The number of benzene rings is 3. The maximum absolute atomic E-state index is 13.2. The molecule has 2 aliphatic rings. The fraction of sp³-hybridized carbons (Fsp3) is 0.174. The van der Waals surface area contributed by atoms with Gasteiger partial charge in [-0.15, -0.1) is 0 Å². The minimum absolute atomic E-state index is 0.0785. The van der Waals surface area contributed by atoms with E-state index in [9.17, 15) is 4.79 Å². The van der Waals surface area contributed by atoms with Crippen molar-refractivity contribution in [2.75, 3.05) is 6.54 Å². The number of hydrogen-bond acceptors (Lipinski definition) is 1. The third-order valence-electron chi connectivity index (χ3n) is 5.59. The van der Waals surface area contributed by atoms with E-state index >= 15 is 0 Å². The van der Waals surface area contributed by atoms with Crippen LogP contribution in [0.4, 0.5) is 0 Å². The molecule has 2 heteroatoms. The fourth-order valence-corrected chi connectivity index (χ4v) is 4.50. The highest BCUT2D eigenvalue weighted by atomic mass is 16.2. The summed E-state index contributed by atoms with van der Waals surface area (Å²) in [7, 11) is 0. The maximum atomic E-state index is 13.2. The van der Waals surface area contributed by atoms with Gasteiger partial charge in [0.1, 0.15) is 0 Å². The maximum Gasteiger partial charge on any atom is 0.254 e. The normalized spacial score (nSPS) is 21.3. The Morgan fingerprint density at radius 1 is 0.760 bits per heavy atom. The van der Waals surface area contributed by atoms with Crippen LogP contribution in [0.2, 0.25) is 0 Å². The topological polar surface area (TPSA) is 20.3 Å². The third kappa shape index (κ3) is 2.14. The second-order valence-electron chi connectivity index (χ2n) is 6.87. The molecule has 0 aliphatic carbocycles. The van der Waals surface area contributed by atoms with Crippen LogP contribution in [0.5, 0.6) is 0 Å². The molecule has 0 bridgehead atoms. The summed E-state index contributed by atoms with van der Waals surface area (Å²) in [5, 5.41) is 0. The summed E-state index contributed by atoms with van der Waals surface area (Å²) in [6.07, 6.45) is 0.933. The van der Waals surface area contributed by atoms with Crippen LogP contribution in [-0.2, 0) is 6.42 Å². The van der Waals surface area contributed by atoms with Crippen molar-refractivity contribution >= 4 is 5.91 Å². The quantitative estimate of drug-likeness (QED) is 0.642. The van der Waals surface area contributed by atoms with Crippen molar-refractivity contribution < 1.29 is 4.79 Å². The zero-order valence-electron chi connectivity index (χ0n) is 13.9. The van der Waals surface area contributed by atoms with E-state index in [1.807, 2.05) is 18.2 Å². The van der Waals surface area contributed by atoms with E-state index < -0.39 is 0 Å². The first-order chi connectivity index (χ1) is 12.3. The third-order valence-corrected chi connectivity index (χ3v) is 5.59.